The van der Waals surface area contributed by atoms with E-state index in [0.29, 0.717) is 17.8 Å². The average molecular weight is 455 g/mol. The van der Waals surface area contributed by atoms with Crippen molar-refractivity contribution in [3.05, 3.63) is 36.2 Å². The van der Waals surface area contributed by atoms with Gasteiger partial charge in [0.15, 0.2) is 5.83 Å². The maximum absolute atomic E-state index is 14.6. The van der Waals surface area contributed by atoms with Crippen molar-refractivity contribution in [2.24, 2.45) is 34.5 Å². The first-order valence-electron chi connectivity index (χ1n) is 12.3. The first-order valence-corrected chi connectivity index (χ1v) is 12.3. The SMILES string of the molecule is COc1ccc(NC(=O)C2CC[C@H]3[C@@H]4CCC5N(C)C(=O)C(F)=C[C@]5(C)[C@@H]4CC[C@]23C)cc1. The average Bonchev–Trinajstić information content (AvgIpc) is 3.15. The number of likely N-dealkylation sites (N-methyl/N-ethyl adjacent to an activating group) is 1. The Morgan fingerprint density at radius 1 is 1.09 bits per heavy atom. The topological polar surface area (TPSA) is 58.6 Å². The number of fused-ring (bicyclic) bond motifs is 5. The summed E-state index contributed by atoms with van der Waals surface area (Å²) in [5.41, 5.74) is 0.421. The van der Waals surface area contributed by atoms with E-state index in [9.17, 15) is 14.0 Å². The number of halogens is 1. The molecule has 0 saturated heterocycles. The van der Waals surface area contributed by atoms with E-state index < -0.39 is 11.7 Å². The number of nitrogens with one attached hydrogen (secondary N) is 1. The second kappa shape index (κ2) is 7.85. The number of hydrogen-bond acceptors (Lipinski definition) is 3. The van der Waals surface area contributed by atoms with Gasteiger partial charge in [0.25, 0.3) is 5.91 Å². The Kier molecular flexibility index (Phi) is 5.33. The lowest BCUT2D eigenvalue weighted by molar-refractivity contribution is -0.144. The standard InChI is InChI=1S/C27H35FN2O3/c1-26-14-13-20-18(9-12-23-27(20,2)15-22(28)25(32)30(23)3)19(26)10-11-21(26)24(31)29-16-5-7-17(33-4)8-6-16/h5-8,15,18-21,23H,9-14H2,1-4H3,(H,29,31)/t18-,19-,20+,21?,23?,26-,27+/m0/s1. The first kappa shape index (κ1) is 22.4. The molecule has 178 valence electrons. The summed E-state index contributed by atoms with van der Waals surface area (Å²) >= 11 is 0. The Hall–Kier alpha value is -2.37. The third-order valence-corrected chi connectivity index (χ3v) is 9.83. The number of rotatable bonds is 3. The van der Waals surface area contributed by atoms with Crippen molar-refractivity contribution < 1.29 is 18.7 Å². The van der Waals surface area contributed by atoms with Gasteiger partial charge in [-0.15, -0.1) is 0 Å². The maximum atomic E-state index is 14.6. The van der Waals surface area contributed by atoms with Crippen LogP contribution >= 0.6 is 0 Å². The minimum Gasteiger partial charge on any atom is -0.497 e. The molecule has 7 atom stereocenters. The predicted octanol–water partition coefficient (Wildman–Crippen LogP) is 5.19. The third kappa shape index (κ3) is 3.31. The molecule has 0 aromatic heterocycles. The summed E-state index contributed by atoms with van der Waals surface area (Å²) < 4.78 is 19.8. The molecule has 33 heavy (non-hydrogen) atoms. The molecule has 1 N–H and O–H groups in total. The van der Waals surface area contributed by atoms with Crippen LogP contribution in [0.4, 0.5) is 10.1 Å². The summed E-state index contributed by atoms with van der Waals surface area (Å²) in [6.07, 6.45) is 7.47. The fraction of sp³-hybridized carbons (Fsp3) is 0.630. The highest BCUT2D eigenvalue weighted by atomic mass is 19.1. The summed E-state index contributed by atoms with van der Waals surface area (Å²) in [6, 6.07) is 7.54. The maximum Gasteiger partial charge on any atom is 0.282 e. The van der Waals surface area contributed by atoms with Crippen molar-refractivity contribution in [1.82, 2.24) is 4.90 Å². The van der Waals surface area contributed by atoms with Gasteiger partial charge >= 0.3 is 0 Å². The lowest BCUT2D eigenvalue weighted by atomic mass is 9.47. The Morgan fingerprint density at radius 3 is 2.52 bits per heavy atom. The monoisotopic (exact) mass is 454 g/mol. The molecule has 3 saturated carbocycles. The van der Waals surface area contributed by atoms with Crippen LogP contribution in [0.15, 0.2) is 36.2 Å². The van der Waals surface area contributed by atoms with Gasteiger partial charge in [-0.3, -0.25) is 9.59 Å². The minimum atomic E-state index is -0.603. The second-order valence-corrected chi connectivity index (χ2v) is 11.1. The molecule has 0 radical (unpaired) electrons. The van der Waals surface area contributed by atoms with E-state index in [0.717, 1.165) is 50.0 Å². The summed E-state index contributed by atoms with van der Waals surface area (Å²) in [5, 5.41) is 3.14. The van der Waals surface area contributed by atoms with Crippen LogP contribution in [0.2, 0.25) is 0 Å². The van der Waals surface area contributed by atoms with Crippen molar-refractivity contribution in [2.75, 3.05) is 19.5 Å². The predicted molar refractivity (Wildman–Crippen MR) is 125 cm³/mol. The Morgan fingerprint density at radius 2 is 1.82 bits per heavy atom. The van der Waals surface area contributed by atoms with Gasteiger partial charge in [-0.2, -0.15) is 0 Å². The van der Waals surface area contributed by atoms with E-state index in [1.165, 1.54) is 0 Å². The van der Waals surface area contributed by atoms with Gasteiger partial charge in [0, 0.05) is 30.1 Å². The Balaban J connectivity index is 1.36. The van der Waals surface area contributed by atoms with Crippen molar-refractivity contribution >= 4 is 17.5 Å². The molecule has 3 aliphatic carbocycles. The van der Waals surface area contributed by atoms with E-state index in [2.05, 4.69) is 19.2 Å². The molecule has 0 bridgehead atoms. The third-order valence-electron chi connectivity index (χ3n) is 9.83. The number of hydrogen-bond donors (Lipinski definition) is 1. The van der Waals surface area contributed by atoms with Crippen LogP contribution in [-0.4, -0.2) is 36.9 Å². The van der Waals surface area contributed by atoms with E-state index >= 15 is 0 Å². The smallest absolute Gasteiger partial charge is 0.282 e. The van der Waals surface area contributed by atoms with Gasteiger partial charge in [-0.1, -0.05) is 13.8 Å². The lowest BCUT2D eigenvalue weighted by Gasteiger charge is -2.60. The summed E-state index contributed by atoms with van der Waals surface area (Å²) in [5.74, 6) is 1.05. The Labute approximate surface area is 195 Å². The highest BCUT2D eigenvalue weighted by Gasteiger charge is 2.62. The van der Waals surface area contributed by atoms with Crippen molar-refractivity contribution in [3.63, 3.8) is 0 Å². The molecule has 6 heteroatoms. The van der Waals surface area contributed by atoms with E-state index in [-0.39, 0.29) is 28.7 Å². The summed E-state index contributed by atoms with van der Waals surface area (Å²) in [6.45, 7) is 4.46. The highest BCUT2D eigenvalue weighted by molar-refractivity contribution is 5.93. The molecule has 5 nitrogen and oxygen atoms in total. The zero-order chi connectivity index (χ0) is 23.5. The van der Waals surface area contributed by atoms with Crippen LogP contribution in [0.25, 0.3) is 0 Å². The molecule has 1 aromatic rings. The quantitative estimate of drug-likeness (QED) is 0.684. The van der Waals surface area contributed by atoms with Crippen LogP contribution in [0, 0.1) is 34.5 Å². The number of ether oxygens (including phenoxy) is 1. The van der Waals surface area contributed by atoms with Gasteiger partial charge in [0.1, 0.15) is 5.75 Å². The van der Waals surface area contributed by atoms with Crippen LogP contribution in [0.5, 0.6) is 5.75 Å². The van der Waals surface area contributed by atoms with Crippen molar-refractivity contribution in [2.45, 2.75) is 58.4 Å². The van der Waals surface area contributed by atoms with Crippen molar-refractivity contribution in [3.8, 4) is 5.75 Å². The largest absolute Gasteiger partial charge is 0.497 e. The van der Waals surface area contributed by atoms with Gasteiger partial charge in [0.05, 0.1) is 7.11 Å². The molecule has 4 aliphatic rings. The molecule has 1 aliphatic heterocycles. The van der Waals surface area contributed by atoms with E-state index in [4.69, 9.17) is 4.74 Å². The molecule has 1 aromatic carbocycles. The number of benzene rings is 1. The van der Waals surface area contributed by atoms with Crippen LogP contribution < -0.4 is 10.1 Å². The number of nitrogens with zero attached hydrogens (tertiary/aromatic N) is 1. The van der Waals surface area contributed by atoms with Crippen molar-refractivity contribution in [1.29, 1.82) is 0 Å². The molecular formula is C27H35FN2O3. The number of amides is 2. The zero-order valence-corrected chi connectivity index (χ0v) is 20.1. The normalized spacial score (nSPS) is 39.8. The number of carbonyl (C=O) groups excluding carboxylic acids is 2. The molecule has 0 spiro atoms. The molecular weight excluding hydrogens is 419 g/mol. The minimum absolute atomic E-state index is 0.0148. The van der Waals surface area contributed by atoms with Gasteiger partial charge in [-0.05, 0) is 92.0 Å². The Bertz CT molecular complexity index is 992. The van der Waals surface area contributed by atoms with Gasteiger partial charge < -0.3 is 15.0 Å². The van der Waals surface area contributed by atoms with Crippen LogP contribution in [0.3, 0.4) is 0 Å². The van der Waals surface area contributed by atoms with E-state index in [1.807, 2.05) is 24.3 Å². The highest BCUT2D eigenvalue weighted by Crippen LogP contribution is 2.65. The van der Waals surface area contributed by atoms with Gasteiger partial charge in [-0.25, -0.2) is 4.39 Å². The van der Waals surface area contributed by atoms with Crippen LogP contribution in [-0.2, 0) is 9.59 Å². The first-order chi connectivity index (χ1) is 15.7. The summed E-state index contributed by atoms with van der Waals surface area (Å²) in [7, 11) is 3.38. The molecule has 5 rings (SSSR count). The second-order valence-electron chi connectivity index (χ2n) is 11.1. The zero-order valence-electron chi connectivity index (χ0n) is 20.1. The number of methoxy groups -OCH3 is 1. The molecule has 1 heterocycles. The molecule has 2 unspecified atom stereocenters. The fourth-order valence-electron chi connectivity index (χ4n) is 8.16. The van der Waals surface area contributed by atoms with Gasteiger partial charge in [0.2, 0.25) is 5.91 Å². The van der Waals surface area contributed by atoms with Crippen LogP contribution in [0.1, 0.15) is 52.4 Å². The fourth-order valence-corrected chi connectivity index (χ4v) is 8.16. The number of carbonyl (C=O) groups is 2. The number of anilines is 1. The van der Waals surface area contributed by atoms with E-state index in [1.54, 1.807) is 25.1 Å². The molecule has 3 fully saturated rings. The molecule has 2 amide bonds. The summed E-state index contributed by atoms with van der Waals surface area (Å²) in [4.78, 5) is 27.2. The lowest BCUT2D eigenvalue weighted by Crippen LogP contribution is -2.60.